The summed E-state index contributed by atoms with van der Waals surface area (Å²) in [5, 5.41) is 5.54. The molecule has 0 radical (unpaired) electrons. The lowest BCUT2D eigenvalue weighted by Crippen LogP contribution is -2.26. The second kappa shape index (κ2) is 9.30. The molecule has 0 bridgehead atoms. The molecular weight excluding hydrogens is 272 g/mol. The van der Waals surface area contributed by atoms with Crippen LogP contribution >= 0.6 is 22.9 Å². The van der Waals surface area contributed by atoms with Crippen LogP contribution in [-0.2, 0) is 21.8 Å². The minimum absolute atomic E-state index is 0.000893. The quantitative estimate of drug-likeness (QED) is 0.561. The lowest BCUT2D eigenvalue weighted by atomic mass is 10.4. The van der Waals surface area contributed by atoms with E-state index in [0.717, 1.165) is 30.2 Å². The van der Waals surface area contributed by atoms with Crippen molar-refractivity contribution in [2.45, 2.75) is 32.1 Å². The van der Waals surface area contributed by atoms with Gasteiger partial charge in [-0.15, -0.1) is 22.9 Å². The molecule has 1 aromatic rings. The summed E-state index contributed by atoms with van der Waals surface area (Å²) in [6.07, 6.45) is 2.20. The summed E-state index contributed by atoms with van der Waals surface area (Å²) in [5.74, 6) is 0.397. The van der Waals surface area contributed by atoms with E-state index in [9.17, 15) is 4.79 Å². The molecule has 0 unspecified atom stereocenters. The molecule has 102 valence electrons. The summed E-state index contributed by atoms with van der Waals surface area (Å²) >= 11 is 7.12. The van der Waals surface area contributed by atoms with E-state index >= 15 is 0 Å². The largest absolute Gasteiger partial charge is 0.381 e. The third kappa shape index (κ3) is 6.33. The lowest BCUT2D eigenvalue weighted by Gasteiger charge is -2.04. The Morgan fingerprint density at radius 1 is 1.56 bits per heavy atom. The van der Waals surface area contributed by atoms with Gasteiger partial charge in [0.1, 0.15) is 5.01 Å². The minimum Gasteiger partial charge on any atom is -0.381 e. The Bertz CT molecular complexity index is 358. The number of hydrogen-bond acceptors (Lipinski definition) is 4. The van der Waals surface area contributed by atoms with Gasteiger partial charge in [-0.05, 0) is 12.8 Å². The third-order valence-electron chi connectivity index (χ3n) is 2.18. The monoisotopic (exact) mass is 290 g/mol. The molecule has 0 atom stereocenters. The maximum atomic E-state index is 11.6. The van der Waals surface area contributed by atoms with Crippen molar-refractivity contribution in [1.29, 1.82) is 0 Å². The highest BCUT2D eigenvalue weighted by atomic mass is 35.5. The highest BCUT2D eigenvalue weighted by Crippen LogP contribution is 2.11. The van der Waals surface area contributed by atoms with Crippen LogP contribution in [0.15, 0.2) is 5.38 Å². The molecule has 1 heterocycles. The van der Waals surface area contributed by atoms with Crippen LogP contribution in [0, 0.1) is 0 Å². The van der Waals surface area contributed by atoms with Crippen molar-refractivity contribution in [1.82, 2.24) is 10.3 Å². The van der Waals surface area contributed by atoms with E-state index < -0.39 is 0 Å². The first-order valence-corrected chi connectivity index (χ1v) is 7.51. The molecule has 0 saturated heterocycles. The van der Waals surface area contributed by atoms with E-state index in [0.29, 0.717) is 25.5 Å². The van der Waals surface area contributed by atoms with Crippen LogP contribution in [0.3, 0.4) is 0 Å². The molecule has 18 heavy (non-hydrogen) atoms. The Hall–Kier alpha value is -0.650. The third-order valence-corrected chi connectivity index (χ3v) is 3.36. The normalized spacial score (nSPS) is 10.6. The van der Waals surface area contributed by atoms with Gasteiger partial charge in [0.15, 0.2) is 0 Å². The van der Waals surface area contributed by atoms with Crippen molar-refractivity contribution in [2.24, 2.45) is 0 Å². The first-order chi connectivity index (χ1) is 8.76. The van der Waals surface area contributed by atoms with Gasteiger partial charge in [0, 0.05) is 25.1 Å². The van der Waals surface area contributed by atoms with Gasteiger partial charge >= 0.3 is 0 Å². The van der Waals surface area contributed by atoms with Crippen LogP contribution in [0.5, 0.6) is 0 Å². The molecule has 4 nitrogen and oxygen atoms in total. The molecule has 1 aromatic heterocycles. The molecule has 1 N–H and O–H groups in total. The molecule has 0 aliphatic rings. The number of nitrogens with one attached hydrogen (secondary N) is 1. The maximum Gasteiger partial charge on any atom is 0.226 e. The zero-order valence-electron chi connectivity index (χ0n) is 10.6. The number of amides is 1. The zero-order chi connectivity index (χ0) is 13.2. The second-order valence-corrected chi connectivity index (χ2v) is 5.07. The standard InChI is InChI=1S/C12H19ClN2O2S/c1-2-5-17-6-3-4-14-11(16)7-12-15-10(8-13)9-18-12/h9H,2-8H2,1H3,(H,14,16). The van der Waals surface area contributed by atoms with Crippen LogP contribution in [0.2, 0.25) is 0 Å². The number of aromatic nitrogens is 1. The van der Waals surface area contributed by atoms with E-state index in [-0.39, 0.29) is 5.91 Å². The zero-order valence-corrected chi connectivity index (χ0v) is 12.1. The highest BCUT2D eigenvalue weighted by molar-refractivity contribution is 7.09. The highest BCUT2D eigenvalue weighted by Gasteiger charge is 2.06. The summed E-state index contributed by atoms with van der Waals surface area (Å²) in [6.45, 7) is 4.21. The first kappa shape index (κ1) is 15.4. The van der Waals surface area contributed by atoms with Gasteiger partial charge in [-0.1, -0.05) is 6.92 Å². The second-order valence-electron chi connectivity index (χ2n) is 3.86. The van der Waals surface area contributed by atoms with Crippen molar-refractivity contribution in [2.75, 3.05) is 19.8 Å². The Labute approximate surface area is 117 Å². The molecule has 0 fully saturated rings. The Morgan fingerprint density at radius 3 is 3.06 bits per heavy atom. The van der Waals surface area contributed by atoms with Crippen LogP contribution in [0.4, 0.5) is 0 Å². The molecule has 0 aromatic carbocycles. The molecule has 1 rings (SSSR count). The summed E-state index contributed by atoms with van der Waals surface area (Å²) in [4.78, 5) is 15.8. The van der Waals surface area contributed by atoms with E-state index in [1.165, 1.54) is 11.3 Å². The van der Waals surface area contributed by atoms with Gasteiger partial charge in [0.05, 0.1) is 18.0 Å². The predicted molar refractivity (Wildman–Crippen MR) is 74.1 cm³/mol. The number of ether oxygens (including phenoxy) is 1. The van der Waals surface area contributed by atoms with Gasteiger partial charge in [-0.25, -0.2) is 4.98 Å². The minimum atomic E-state index is 0.000893. The number of carbonyl (C=O) groups is 1. The van der Waals surface area contributed by atoms with Crippen LogP contribution in [0.25, 0.3) is 0 Å². The fraction of sp³-hybridized carbons (Fsp3) is 0.667. The van der Waals surface area contributed by atoms with E-state index in [4.69, 9.17) is 16.3 Å². The Balaban J connectivity index is 2.10. The number of thiazole rings is 1. The van der Waals surface area contributed by atoms with Gasteiger partial charge < -0.3 is 10.1 Å². The van der Waals surface area contributed by atoms with Gasteiger partial charge in [-0.3, -0.25) is 4.79 Å². The molecule has 0 spiro atoms. The average molecular weight is 291 g/mol. The van der Waals surface area contributed by atoms with Crippen molar-refractivity contribution >= 4 is 28.8 Å². The van der Waals surface area contributed by atoms with Crippen molar-refractivity contribution < 1.29 is 9.53 Å². The van der Waals surface area contributed by atoms with Gasteiger partial charge in [0.25, 0.3) is 0 Å². The smallest absolute Gasteiger partial charge is 0.226 e. The summed E-state index contributed by atoms with van der Waals surface area (Å²) in [7, 11) is 0. The maximum absolute atomic E-state index is 11.6. The molecule has 6 heteroatoms. The van der Waals surface area contributed by atoms with Crippen LogP contribution in [-0.4, -0.2) is 30.6 Å². The van der Waals surface area contributed by atoms with Crippen molar-refractivity contribution in [3.05, 3.63) is 16.1 Å². The fourth-order valence-electron chi connectivity index (χ4n) is 1.34. The molecule has 1 amide bonds. The molecular formula is C12H19ClN2O2S. The number of alkyl halides is 1. The van der Waals surface area contributed by atoms with Gasteiger partial charge in [0.2, 0.25) is 5.91 Å². The summed E-state index contributed by atoms with van der Waals surface area (Å²) in [6, 6.07) is 0. The number of rotatable bonds is 9. The SMILES string of the molecule is CCCOCCCNC(=O)Cc1nc(CCl)cs1. The number of nitrogens with zero attached hydrogens (tertiary/aromatic N) is 1. The van der Waals surface area contributed by atoms with E-state index in [2.05, 4.69) is 17.2 Å². The molecule has 0 aliphatic carbocycles. The predicted octanol–water partition coefficient (Wildman–Crippen LogP) is 2.36. The van der Waals surface area contributed by atoms with Crippen molar-refractivity contribution in [3.8, 4) is 0 Å². The Morgan fingerprint density at radius 2 is 2.39 bits per heavy atom. The van der Waals surface area contributed by atoms with Crippen LogP contribution < -0.4 is 5.32 Å². The van der Waals surface area contributed by atoms with Crippen molar-refractivity contribution in [3.63, 3.8) is 0 Å². The van der Waals surface area contributed by atoms with E-state index in [1.807, 2.05) is 5.38 Å². The summed E-state index contributed by atoms with van der Waals surface area (Å²) < 4.78 is 5.32. The van der Waals surface area contributed by atoms with Crippen LogP contribution in [0.1, 0.15) is 30.5 Å². The number of hydrogen-bond donors (Lipinski definition) is 1. The van der Waals surface area contributed by atoms with Gasteiger partial charge in [-0.2, -0.15) is 0 Å². The molecule has 0 saturated carbocycles. The number of halogens is 1. The molecule has 0 aliphatic heterocycles. The number of carbonyl (C=O) groups excluding carboxylic acids is 1. The van der Waals surface area contributed by atoms with E-state index in [1.54, 1.807) is 0 Å². The first-order valence-electron chi connectivity index (χ1n) is 6.10. The topological polar surface area (TPSA) is 51.2 Å². The fourth-order valence-corrected chi connectivity index (χ4v) is 2.36. The average Bonchev–Trinajstić information content (AvgIpc) is 2.81. The lowest BCUT2D eigenvalue weighted by molar-refractivity contribution is -0.120. The summed E-state index contributed by atoms with van der Waals surface area (Å²) in [5.41, 5.74) is 0.831. The Kier molecular flexibility index (Phi) is 7.96.